The number of nitrogens with one attached hydrogen (secondary N) is 1. The van der Waals surface area contributed by atoms with Crippen molar-refractivity contribution in [1.29, 1.82) is 0 Å². The Balaban J connectivity index is 3.26. The molecule has 5 heteroatoms. The molecule has 1 aromatic carbocycles. The van der Waals surface area contributed by atoms with E-state index in [1.165, 1.54) is 6.07 Å². The maximum atomic E-state index is 10.9. The first kappa shape index (κ1) is 10.0. The SMILES string of the molecule is CNc1ccc(S(N)(=O)=O)cc1C. The van der Waals surface area contributed by atoms with E-state index in [2.05, 4.69) is 5.32 Å². The molecule has 0 atom stereocenters. The smallest absolute Gasteiger partial charge is 0.238 e. The van der Waals surface area contributed by atoms with Crippen LogP contribution in [0.25, 0.3) is 0 Å². The molecule has 0 saturated carbocycles. The van der Waals surface area contributed by atoms with Gasteiger partial charge in [0.05, 0.1) is 4.90 Å². The summed E-state index contributed by atoms with van der Waals surface area (Å²) in [7, 11) is -1.80. The molecule has 4 nitrogen and oxygen atoms in total. The Hall–Kier alpha value is -1.07. The Bertz CT molecular complexity index is 412. The molecule has 1 rings (SSSR count). The second-order valence-corrected chi connectivity index (χ2v) is 4.33. The zero-order valence-electron chi connectivity index (χ0n) is 7.53. The van der Waals surface area contributed by atoms with Gasteiger partial charge < -0.3 is 5.32 Å². The first-order valence-electron chi connectivity index (χ1n) is 3.76. The molecule has 0 aliphatic heterocycles. The minimum atomic E-state index is -3.58. The van der Waals surface area contributed by atoms with Crippen molar-refractivity contribution in [1.82, 2.24) is 0 Å². The first-order chi connectivity index (χ1) is 5.95. The summed E-state index contributed by atoms with van der Waals surface area (Å²) in [5.74, 6) is 0. The average molecular weight is 200 g/mol. The summed E-state index contributed by atoms with van der Waals surface area (Å²) in [6.45, 7) is 1.82. The largest absolute Gasteiger partial charge is 0.388 e. The van der Waals surface area contributed by atoms with E-state index in [1.54, 1.807) is 19.2 Å². The Kier molecular flexibility index (Phi) is 2.58. The molecule has 13 heavy (non-hydrogen) atoms. The van der Waals surface area contributed by atoms with Crippen LogP contribution in [-0.4, -0.2) is 15.5 Å². The predicted octanol–water partition coefficient (Wildman–Crippen LogP) is 0.684. The number of rotatable bonds is 2. The summed E-state index contributed by atoms with van der Waals surface area (Å²) in [5, 5.41) is 7.91. The lowest BCUT2D eigenvalue weighted by Crippen LogP contribution is -2.12. The zero-order valence-corrected chi connectivity index (χ0v) is 8.35. The van der Waals surface area contributed by atoms with Gasteiger partial charge in [-0.05, 0) is 30.7 Å². The van der Waals surface area contributed by atoms with Crippen molar-refractivity contribution in [3.8, 4) is 0 Å². The molecule has 3 N–H and O–H groups in total. The summed E-state index contributed by atoms with van der Waals surface area (Å²) in [6.07, 6.45) is 0. The van der Waals surface area contributed by atoms with Crippen LogP contribution in [0, 0.1) is 6.92 Å². The lowest BCUT2D eigenvalue weighted by atomic mass is 10.2. The Morgan fingerprint density at radius 2 is 2.00 bits per heavy atom. The second-order valence-electron chi connectivity index (χ2n) is 2.77. The van der Waals surface area contributed by atoms with E-state index in [0.717, 1.165) is 11.3 Å². The van der Waals surface area contributed by atoms with Crippen molar-refractivity contribution >= 4 is 15.7 Å². The van der Waals surface area contributed by atoms with Crippen LogP contribution in [0.3, 0.4) is 0 Å². The molecule has 0 radical (unpaired) electrons. The average Bonchev–Trinajstić information content (AvgIpc) is 2.02. The number of nitrogens with two attached hydrogens (primary N) is 1. The van der Waals surface area contributed by atoms with Gasteiger partial charge in [0.25, 0.3) is 0 Å². The van der Waals surface area contributed by atoms with Gasteiger partial charge in [-0.3, -0.25) is 0 Å². The number of aryl methyl sites for hydroxylation is 1. The molecule has 0 bridgehead atoms. The van der Waals surface area contributed by atoms with Gasteiger partial charge in [-0.15, -0.1) is 0 Å². The monoisotopic (exact) mass is 200 g/mol. The molecule has 0 amide bonds. The van der Waals surface area contributed by atoms with Gasteiger partial charge in [0, 0.05) is 12.7 Å². The molecule has 0 heterocycles. The van der Waals surface area contributed by atoms with Crippen molar-refractivity contribution in [3.05, 3.63) is 23.8 Å². The van der Waals surface area contributed by atoms with Gasteiger partial charge in [-0.25, -0.2) is 13.6 Å². The third kappa shape index (κ3) is 2.19. The van der Waals surface area contributed by atoms with E-state index < -0.39 is 10.0 Å². The second kappa shape index (κ2) is 3.35. The van der Waals surface area contributed by atoms with Crippen molar-refractivity contribution < 1.29 is 8.42 Å². The van der Waals surface area contributed by atoms with Crippen LogP contribution >= 0.6 is 0 Å². The molecule has 0 fully saturated rings. The Morgan fingerprint density at radius 3 is 2.38 bits per heavy atom. The summed E-state index contributed by atoms with van der Waals surface area (Å²) in [5.41, 5.74) is 1.75. The molecular formula is C8H12N2O2S. The highest BCUT2D eigenvalue weighted by molar-refractivity contribution is 7.89. The molecule has 0 aliphatic carbocycles. The fourth-order valence-electron chi connectivity index (χ4n) is 1.09. The van der Waals surface area contributed by atoms with Crippen LogP contribution in [0.2, 0.25) is 0 Å². The van der Waals surface area contributed by atoms with E-state index in [9.17, 15) is 8.42 Å². The Morgan fingerprint density at radius 1 is 1.38 bits per heavy atom. The lowest BCUT2D eigenvalue weighted by molar-refractivity contribution is 0.597. The zero-order chi connectivity index (χ0) is 10.1. The van der Waals surface area contributed by atoms with E-state index in [-0.39, 0.29) is 4.90 Å². The minimum absolute atomic E-state index is 0.143. The molecule has 0 aliphatic rings. The fraction of sp³-hybridized carbons (Fsp3) is 0.250. The predicted molar refractivity (Wildman–Crippen MR) is 52.1 cm³/mol. The normalized spacial score (nSPS) is 11.3. The van der Waals surface area contributed by atoms with Crippen LogP contribution in [0.1, 0.15) is 5.56 Å². The molecule has 72 valence electrons. The van der Waals surface area contributed by atoms with Crippen LogP contribution in [0.4, 0.5) is 5.69 Å². The van der Waals surface area contributed by atoms with E-state index in [4.69, 9.17) is 5.14 Å². The quantitative estimate of drug-likeness (QED) is 0.737. The molecule has 0 unspecified atom stereocenters. The third-order valence-electron chi connectivity index (χ3n) is 1.80. The summed E-state index contributed by atoms with van der Waals surface area (Å²) in [6, 6.07) is 4.71. The van der Waals surface area contributed by atoms with Crippen molar-refractivity contribution in [3.63, 3.8) is 0 Å². The highest BCUT2D eigenvalue weighted by Gasteiger charge is 2.08. The molecule has 1 aromatic rings. The van der Waals surface area contributed by atoms with Gasteiger partial charge in [-0.1, -0.05) is 0 Å². The topological polar surface area (TPSA) is 72.2 Å². The van der Waals surface area contributed by atoms with Gasteiger partial charge in [-0.2, -0.15) is 0 Å². The lowest BCUT2D eigenvalue weighted by Gasteiger charge is -2.05. The van der Waals surface area contributed by atoms with Crippen molar-refractivity contribution in [2.45, 2.75) is 11.8 Å². The van der Waals surface area contributed by atoms with Gasteiger partial charge >= 0.3 is 0 Å². The van der Waals surface area contributed by atoms with Crippen molar-refractivity contribution in [2.24, 2.45) is 5.14 Å². The Labute approximate surface area is 77.8 Å². The summed E-state index contributed by atoms with van der Waals surface area (Å²) >= 11 is 0. The summed E-state index contributed by atoms with van der Waals surface area (Å²) < 4.78 is 21.9. The molecular weight excluding hydrogens is 188 g/mol. The van der Waals surface area contributed by atoms with Crippen LogP contribution < -0.4 is 10.5 Å². The van der Waals surface area contributed by atoms with Crippen LogP contribution in [0.15, 0.2) is 23.1 Å². The fourth-order valence-corrected chi connectivity index (χ4v) is 1.69. The maximum absolute atomic E-state index is 10.9. The third-order valence-corrected chi connectivity index (χ3v) is 2.71. The number of hydrogen-bond acceptors (Lipinski definition) is 3. The van der Waals surface area contributed by atoms with Gasteiger partial charge in [0.2, 0.25) is 10.0 Å². The molecule has 0 spiro atoms. The van der Waals surface area contributed by atoms with E-state index >= 15 is 0 Å². The number of benzene rings is 1. The number of primary sulfonamides is 1. The summed E-state index contributed by atoms with van der Waals surface area (Å²) in [4.78, 5) is 0.143. The highest BCUT2D eigenvalue weighted by Crippen LogP contribution is 2.17. The van der Waals surface area contributed by atoms with Crippen molar-refractivity contribution in [2.75, 3.05) is 12.4 Å². The van der Waals surface area contributed by atoms with Gasteiger partial charge in [0.1, 0.15) is 0 Å². The highest BCUT2D eigenvalue weighted by atomic mass is 32.2. The minimum Gasteiger partial charge on any atom is -0.388 e. The van der Waals surface area contributed by atoms with E-state index in [0.29, 0.717) is 0 Å². The van der Waals surface area contributed by atoms with Crippen LogP contribution in [0.5, 0.6) is 0 Å². The number of sulfonamides is 1. The number of anilines is 1. The molecule has 0 saturated heterocycles. The number of hydrogen-bond donors (Lipinski definition) is 2. The van der Waals surface area contributed by atoms with E-state index in [1.807, 2.05) is 6.92 Å². The molecule has 0 aromatic heterocycles. The first-order valence-corrected chi connectivity index (χ1v) is 5.31. The maximum Gasteiger partial charge on any atom is 0.238 e. The van der Waals surface area contributed by atoms with Crippen LogP contribution in [-0.2, 0) is 10.0 Å². The standard InChI is InChI=1S/C8H12N2O2S/c1-6-5-7(13(9,11)12)3-4-8(6)10-2/h3-5,10H,1-2H3,(H2,9,11,12). The van der Waals surface area contributed by atoms with Gasteiger partial charge in [0.15, 0.2) is 0 Å².